The molecule has 3 heterocycles. The van der Waals surface area contributed by atoms with Crippen LogP contribution >= 0.6 is 23.1 Å². The summed E-state index contributed by atoms with van der Waals surface area (Å²) in [6, 6.07) is 8.73. The van der Waals surface area contributed by atoms with Gasteiger partial charge in [-0.1, -0.05) is 11.2 Å². The van der Waals surface area contributed by atoms with Crippen molar-refractivity contribution >= 4 is 46.5 Å². The van der Waals surface area contributed by atoms with Crippen LogP contribution in [0.4, 0.5) is 11.6 Å². The molecule has 0 aliphatic carbocycles. The molecule has 0 fully saturated rings. The van der Waals surface area contributed by atoms with Gasteiger partial charge in [0.15, 0.2) is 11.6 Å². The largest absolute Gasteiger partial charge is 0.360 e. The van der Waals surface area contributed by atoms with E-state index in [0.29, 0.717) is 35.1 Å². The topological polar surface area (TPSA) is 110 Å². The number of hydrogen-bond donors (Lipinski definition) is 2. The summed E-state index contributed by atoms with van der Waals surface area (Å²) in [6.45, 7) is 1.76. The van der Waals surface area contributed by atoms with Crippen molar-refractivity contribution in [3.8, 4) is 0 Å². The Kier molecular flexibility index (Phi) is 6.55. The Bertz CT molecular complexity index is 894. The maximum atomic E-state index is 11.9. The van der Waals surface area contributed by atoms with Crippen LogP contribution < -0.4 is 10.6 Å². The van der Waals surface area contributed by atoms with Gasteiger partial charge in [0.1, 0.15) is 10.8 Å². The number of amides is 2. The Morgan fingerprint density at radius 1 is 1.19 bits per heavy atom. The molecule has 0 aromatic carbocycles. The second kappa shape index (κ2) is 9.28. The van der Waals surface area contributed by atoms with Gasteiger partial charge in [-0.15, -0.1) is 33.3 Å². The number of thioether (sulfide) groups is 1. The third-order valence-electron chi connectivity index (χ3n) is 3.32. The van der Waals surface area contributed by atoms with Gasteiger partial charge in [-0.25, -0.2) is 0 Å². The maximum Gasteiger partial charge on any atom is 0.266 e. The van der Waals surface area contributed by atoms with Crippen LogP contribution in [-0.4, -0.2) is 32.9 Å². The zero-order chi connectivity index (χ0) is 19.1. The van der Waals surface area contributed by atoms with E-state index in [-0.39, 0.29) is 11.8 Å². The number of nitrogens with one attached hydrogen (secondary N) is 2. The van der Waals surface area contributed by atoms with E-state index in [0.717, 1.165) is 10.8 Å². The van der Waals surface area contributed by atoms with Gasteiger partial charge in [-0.2, -0.15) is 0 Å². The summed E-state index contributed by atoms with van der Waals surface area (Å²) < 4.78 is 4.89. The van der Waals surface area contributed by atoms with E-state index in [2.05, 4.69) is 26.0 Å². The molecule has 0 atom stereocenters. The van der Waals surface area contributed by atoms with Crippen molar-refractivity contribution in [2.45, 2.75) is 24.8 Å². The third kappa shape index (κ3) is 5.90. The fourth-order valence-corrected chi connectivity index (χ4v) is 3.47. The number of carbonyl (C=O) groups excluding carboxylic acids is 2. The van der Waals surface area contributed by atoms with Gasteiger partial charge in [0, 0.05) is 18.2 Å². The highest BCUT2D eigenvalue weighted by Gasteiger charge is 2.09. The van der Waals surface area contributed by atoms with E-state index >= 15 is 0 Å². The number of carbonyl (C=O) groups is 2. The van der Waals surface area contributed by atoms with Gasteiger partial charge < -0.3 is 15.2 Å². The summed E-state index contributed by atoms with van der Waals surface area (Å²) in [5.74, 6) is 1.89. The molecule has 2 amide bonds. The molecule has 140 valence electrons. The predicted molar refractivity (Wildman–Crippen MR) is 104 cm³/mol. The molecule has 8 nitrogen and oxygen atoms in total. The molecule has 10 heteroatoms. The summed E-state index contributed by atoms with van der Waals surface area (Å²) in [5, 5.41) is 19.8. The van der Waals surface area contributed by atoms with Crippen molar-refractivity contribution in [1.82, 2.24) is 15.4 Å². The molecule has 0 saturated heterocycles. The molecule has 2 N–H and O–H groups in total. The van der Waals surface area contributed by atoms with E-state index in [4.69, 9.17) is 4.52 Å². The Labute approximate surface area is 163 Å². The molecular weight excluding hydrogens is 386 g/mol. The molecular formula is C17H17N5O3S2. The number of aromatic nitrogens is 3. The summed E-state index contributed by atoms with van der Waals surface area (Å²) in [5.41, 5.74) is 0. The molecule has 0 spiro atoms. The Balaban J connectivity index is 1.37. The van der Waals surface area contributed by atoms with Crippen molar-refractivity contribution in [3.63, 3.8) is 0 Å². The molecule has 0 aliphatic heterocycles. The number of hydrogen-bond acceptors (Lipinski definition) is 8. The van der Waals surface area contributed by atoms with Crippen molar-refractivity contribution < 1.29 is 14.1 Å². The number of thiophene rings is 1. The van der Waals surface area contributed by atoms with Gasteiger partial charge in [0.05, 0.1) is 4.88 Å². The minimum atomic E-state index is -0.201. The van der Waals surface area contributed by atoms with Crippen LogP contribution in [0.3, 0.4) is 0 Å². The van der Waals surface area contributed by atoms with Crippen molar-refractivity contribution in [1.29, 1.82) is 0 Å². The Morgan fingerprint density at radius 2 is 2.07 bits per heavy atom. The van der Waals surface area contributed by atoms with Crippen LogP contribution in [0.5, 0.6) is 0 Å². The summed E-state index contributed by atoms with van der Waals surface area (Å²) in [4.78, 5) is 24.4. The second-order valence-electron chi connectivity index (χ2n) is 5.51. The smallest absolute Gasteiger partial charge is 0.266 e. The van der Waals surface area contributed by atoms with Gasteiger partial charge in [0.2, 0.25) is 5.91 Å². The van der Waals surface area contributed by atoms with E-state index < -0.39 is 0 Å². The SMILES string of the molecule is Cc1cc(NC(=O)CCCSc2ccc(NC(=O)c3cccs3)nn2)no1. The Morgan fingerprint density at radius 3 is 2.74 bits per heavy atom. The third-order valence-corrected chi connectivity index (χ3v) is 5.20. The summed E-state index contributed by atoms with van der Waals surface area (Å²) in [6.07, 6.45) is 1.06. The predicted octanol–water partition coefficient (Wildman–Crippen LogP) is 3.60. The van der Waals surface area contributed by atoms with Gasteiger partial charge in [-0.3, -0.25) is 9.59 Å². The minimum Gasteiger partial charge on any atom is -0.360 e. The maximum absolute atomic E-state index is 11.9. The van der Waals surface area contributed by atoms with Crippen molar-refractivity contribution in [2.24, 2.45) is 0 Å². The zero-order valence-electron chi connectivity index (χ0n) is 14.5. The fraction of sp³-hybridized carbons (Fsp3) is 0.235. The van der Waals surface area contributed by atoms with E-state index in [1.807, 2.05) is 11.4 Å². The van der Waals surface area contributed by atoms with E-state index in [9.17, 15) is 9.59 Å². The van der Waals surface area contributed by atoms with E-state index in [1.54, 1.807) is 31.2 Å². The minimum absolute atomic E-state index is 0.110. The van der Waals surface area contributed by atoms with Gasteiger partial charge >= 0.3 is 0 Å². The van der Waals surface area contributed by atoms with E-state index in [1.165, 1.54) is 23.1 Å². The first-order chi connectivity index (χ1) is 13.1. The standard InChI is InChI=1S/C17H17N5O3S2/c1-11-10-14(22-25-11)18-15(23)5-3-9-27-16-7-6-13(20-21-16)19-17(24)12-4-2-8-26-12/h2,4,6-8,10H,3,5,9H2,1H3,(H,18,22,23)(H,19,20,24). The highest BCUT2D eigenvalue weighted by molar-refractivity contribution is 7.99. The highest BCUT2D eigenvalue weighted by Crippen LogP contribution is 2.18. The van der Waals surface area contributed by atoms with Crippen LogP contribution in [0.15, 0.2) is 45.3 Å². The molecule has 27 heavy (non-hydrogen) atoms. The van der Waals surface area contributed by atoms with Crippen LogP contribution in [0, 0.1) is 6.92 Å². The lowest BCUT2D eigenvalue weighted by atomic mass is 10.3. The fourth-order valence-electron chi connectivity index (χ4n) is 2.09. The first kappa shape index (κ1) is 19.1. The highest BCUT2D eigenvalue weighted by atomic mass is 32.2. The molecule has 0 aliphatic rings. The van der Waals surface area contributed by atoms with Crippen LogP contribution in [0.2, 0.25) is 0 Å². The summed E-state index contributed by atoms with van der Waals surface area (Å²) >= 11 is 2.86. The second-order valence-corrected chi connectivity index (χ2v) is 7.57. The monoisotopic (exact) mass is 403 g/mol. The van der Waals surface area contributed by atoms with Gasteiger partial charge in [0.25, 0.3) is 5.91 Å². The normalized spacial score (nSPS) is 10.6. The number of anilines is 2. The molecule has 0 radical (unpaired) electrons. The van der Waals surface area contributed by atoms with Crippen molar-refractivity contribution in [3.05, 3.63) is 46.3 Å². The lowest BCUT2D eigenvalue weighted by Gasteiger charge is -2.04. The molecule has 3 rings (SSSR count). The van der Waals surface area contributed by atoms with Gasteiger partial charge in [-0.05, 0) is 36.9 Å². The first-order valence-corrected chi connectivity index (χ1v) is 10.0. The lowest BCUT2D eigenvalue weighted by Crippen LogP contribution is -2.12. The van der Waals surface area contributed by atoms with Crippen LogP contribution in [-0.2, 0) is 4.79 Å². The zero-order valence-corrected chi connectivity index (χ0v) is 16.1. The number of nitrogens with zero attached hydrogens (tertiary/aromatic N) is 3. The van der Waals surface area contributed by atoms with Crippen LogP contribution in [0.1, 0.15) is 28.3 Å². The van der Waals surface area contributed by atoms with Crippen LogP contribution in [0.25, 0.3) is 0 Å². The average Bonchev–Trinajstić information content (AvgIpc) is 3.32. The Hall–Kier alpha value is -2.72. The number of aryl methyl sites for hydroxylation is 1. The molecule has 3 aromatic rings. The lowest BCUT2D eigenvalue weighted by molar-refractivity contribution is -0.116. The molecule has 0 bridgehead atoms. The molecule has 0 unspecified atom stereocenters. The average molecular weight is 403 g/mol. The molecule has 0 saturated carbocycles. The quantitative estimate of drug-likeness (QED) is 0.437. The molecule has 3 aromatic heterocycles. The summed E-state index contributed by atoms with van der Waals surface area (Å²) in [7, 11) is 0. The first-order valence-electron chi connectivity index (χ1n) is 8.15. The number of rotatable bonds is 8. The van der Waals surface area contributed by atoms with Crippen molar-refractivity contribution in [2.75, 3.05) is 16.4 Å².